The Morgan fingerprint density at radius 3 is 2.68 bits per heavy atom. The average Bonchev–Trinajstić information content (AvgIpc) is 2.48. The van der Waals surface area contributed by atoms with Crippen molar-refractivity contribution < 1.29 is 19.5 Å². The van der Waals surface area contributed by atoms with Gasteiger partial charge in [-0.05, 0) is 44.8 Å². The number of aliphatic hydroxyl groups is 1. The molecule has 5 heteroatoms. The van der Waals surface area contributed by atoms with E-state index in [2.05, 4.69) is 5.32 Å². The van der Waals surface area contributed by atoms with Crippen LogP contribution in [0.25, 0.3) is 0 Å². The van der Waals surface area contributed by atoms with Crippen LogP contribution in [0.15, 0.2) is 35.6 Å². The first-order valence-corrected chi connectivity index (χ1v) is 7.52. The van der Waals surface area contributed by atoms with Gasteiger partial charge in [0.1, 0.15) is 0 Å². The molecule has 1 amide bonds. The smallest absolute Gasteiger partial charge is 0.235 e. The maximum Gasteiger partial charge on any atom is 0.235 e. The number of hydrogen-bond donors (Lipinski definition) is 2. The topological polar surface area (TPSA) is 83.5 Å². The highest BCUT2D eigenvalue weighted by molar-refractivity contribution is 6.11. The molecular formula is C17H21NO4. The summed E-state index contributed by atoms with van der Waals surface area (Å²) in [5, 5.41) is 12.4. The van der Waals surface area contributed by atoms with Gasteiger partial charge in [0.15, 0.2) is 11.6 Å². The van der Waals surface area contributed by atoms with Crippen molar-refractivity contribution in [1.29, 1.82) is 0 Å². The Balaban J connectivity index is 2.33. The van der Waals surface area contributed by atoms with Gasteiger partial charge in [0.05, 0.1) is 17.7 Å². The van der Waals surface area contributed by atoms with E-state index in [9.17, 15) is 19.5 Å². The molecule has 0 aromatic heterocycles. The predicted molar refractivity (Wildman–Crippen MR) is 81.6 cm³/mol. The van der Waals surface area contributed by atoms with Crippen molar-refractivity contribution in [3.63, 3.8) is 0 Å². The molecule has 2 N–H and O–H groups in total. The van der Waals surface area contributed by atoms with E-state index in [1.165, 1.54) is 13.0 Å². The molecule has 1 unspecified atom stereocenters. The Labute approximate surface area is 129 Å². The van der Waals surface area contributed by atoms with Crippen LogP contribution in [0.1, 0.15) is 33.1 Å². The van der Waals surface area contributed by atoms with Crippen LogP contribution >= 0.6 is 0 Å². The highest BCUT2D eigenvalue weighted by Gasteiger charge is 2.32. The molecule has 0 aromatic carbocycles. The molecule has 22 heavy (non-hydrogen) atoms. The molecule has 5 nitrogen and oxygen atoms in total. The van der Waals surface area contributed by atoms with Gasteiger partial charge in [-0.3, -0.25) is 14.4 Å². The monoisotopic (exact) mass is 303 g/mol. The molecule has 118 valence electrons. The minimum absolute atomic E-state index is 0.109. The first-order valence-electron chi connectivity index (χ1n) is 7.52. The molecule has 0 spiro atoms. The Bertz CT molecular complexity index is 585. The largest absolute Gasteiger partial charge is 0.389 e. The van der Waals surface area contributed by atoms with Crippen LogP contribution < -0.4 is 5.32 Å². The highest BCUT2D eigenvalue weighted by atomic mass is 16.3. The SMILES string of the molecule is C/C1=C\C=CCC[C@@H]2C[C@H](O)C=C(NC(=O)C(C)C1=O)C2=O. The van der Waals surface area contributed by atoms with Crippen molar-refractivity contribution in [2.24, 2.45) is 11.8 Å². The maximum atomic E-state index is 12.4. The van der Waals surface area contributed by atoms with Gasteiger partial charge in [0.25, 0.3) is 0 Å². The first-order chi connectivity index (χ1) is 10.4. The van der Waals surface area contributed by atoms with E-state index < -0.39 is 17.9 Å². The molecule has 2 rings (SSSR count). The summed E-state index contributed by atoms with van der Waals surface area (Å²) in [6, 6.07) is 0. The van der Waals surface area contributed by atoms with E-state index in [1.54, 1.807) is 19.1 Å². The van der Waals surface area contributed by atoms with E-state index in [-0.39, 0.29) is 23.2 Å². The van der Waals surface area contributed by atoms with E-state index >= 15 is 0 Å². The second-order valence-corrected chi connectivity index (χ2v) is 5.87. The number of nitrogens with one attached hydrogen (secondary N) is 1. The van der Waals surface area contributed by atoms with Crippen LogP contribution in [-0.2, 0) is 14.4 Å². The maximum absolute atomic E-state index is 12.4. The van der Waals surface area contributed by atoms with Gasteiger partial charge in [0.2, 0.25) is 5.91 Å². The molecular weight excluding hydrogens is 282 g/mol. The number of aliphatic hydroxyl groups excluding tert-OH is 1. The Hall–Kier alpha value is -2.01. The molecule has 3 atom stereocenters. The zero-order valence-electron chi connectivity index (χ0n) is 12.8. The number of carbonyl (C=O) groups excluding carboxylic acids is 3. The number of ketones is 2. The summed E-state index contributed by atoms with van der Waals surface area (Å²) in [6.45, 7) is 3.18. The predicted octanol–water partition coefficient (Wildman–Crippen LogP) is 1.44. The molecule has 0 saturated carbocycles. The van der Waals surface area contributed by atoms with Gasteiger partial charge in [0, 0.05) is 5.92 Å². The lowest BCUT2D eigenvalue weighted by atomic mass is 9.85. The second-order valence-electron chi connectivity index (χ2n) is 5.87. The minimum Gasteiger partial charge on any atom is -0.389 e. The fourth-order valence-electron chi connectivity index (χ4n) is 2.70. The Morgan fingerprint density at radius 2 is 1.95 bits per heavy atom. The molecule has 0 fully saturated rings. The zero-order chi connectivity index (χ0) is 16.3. The summed E-state index contributed by atoms with van der Waals surface area (Å²) in [7, 11) is 0. The molecule has 1 aliphatic carbocycles. The Morgan fingerprint density at radius 1 is 1.23 bits per heavy atom. The lowest BCUT2D eigenvalue weighted by Gasteiger charge is -2.25. The Kier molecular flexibility index (Phi) is 5.08. The third kappa shape index (κ3) is 3.60. The molecule has 0 saturated heterocycles. The molecule has 2 bridgehead atoms. The molecule has 0 aromatic rings. The lowest BCUT2D eigenvalue weighted by Crippen LogP contribution is -2.40. The van der Waals surface area contributed by atoms with Gasteiger partial charge in [-0.1, -0.05) is 18.2 Å². The summed E-state index contributed by atoms with van der Waals surface area (Å²) >= 11 is 0. The van der Waals surface area contributed by atoms with E-state index in [4.69, 9.17) is 0 Å². The number of amides is 1. The van der Waals surface area contributed by atoms with E-state index in [0.29, 0.717) is 24.8 Å². The van der Waals surface area contributed by atoms with Crippen LogP contribution in [0.2, 0.25) is 0 Å². The summed E-state index contributed by atoms with van der Waals surface area (Å²) in [6.07, 6.45) is 7.63. The van der Waals surface area contributed by atoms with E-state index in [0.717, 1.165) is 0 Å². The van der Waals surface area contributed by atoms with Crippen LogP contribution in [0, 0.1) is 11.8 Å². The third-order valence-electron chi connectivity index (χ3n) is 4.12. The zero-order valence-corrected chi connectivity index (χ0v) is 12.8. The molecule has 0 radical (unpaired) electrons. The fraction of sp³-hybridized carbons (Fsp3) is 0.471. The number of rotatable bonds is 0. The normalized spacial score (nSPS) is 32.9. The minimum atomic E-state index is -0.878. The van der Waals surface area contributed by atoms with Gasteiger partial charge < -0.3 is 10.4 Å². The number of carbonyl (C=O) groups is 3. The van der Waals surface area contributed by atoms with Crippen LogP contribution in [-0.4, -0.2) is 28.7 Å². The summed E-state index contributed by atoms with van der Waals surface area (Å²) in [5.74, 6) is -2.15. The summed E-state index contributed by atoms with van der Waals surface area (Å²) in [5.41, 5.74) is 0.611. The number of allylic oxidation sites excluding steroid dienone is 5. The first kappa shape index (κ1) is 16.4. The fourth-order valence-corrected chi connectivity index (χ4v) is 2.70. The van der Waals surface area contributed by atoms with E-state index in [1.807, 2.05) is 6.08 Å². The number of hydrogen-bond acceptors (Lipinski definition) is 4. The van der Waals surface area contributed by atoms with Gasteiger partial charge in [-0.2, -0.15) is 0 Å². The van der Waals surface area contributed by atoms with Crippen molar-refractivity contribution in [3.8, 4) is 0 Å². The number of fused-ring (bicyclic) bond motifs is 2. The van der Waals surface area contributed by atoms with Gasteiger partial charge >= 0.3 is 0 Å². The van der Waals surface area contributed by atoms with Crippen LogP contribution in [0.3, 0.4) is 0 Å². The van der Waals surface area contributed by atoms with Crippen LogP contribution in [0.4, 0.5) is 0 Å². The van der Waals surface area contributed by atoms with Crippen molar-refractivity contribution in [2.75, 3.05) is 0 Å². The van der Waals surface area contributed by atoms with Crippen molar-refractivity contribution in [3.05, 3.63) is 35.6 Å². The molecule has 2 aliphatic rings. The average molecular weight is 303 g/mol. The van der Waals surface area contributed by atoms with Crippen molar-refractivity contribution in [2.45, 2.75) is 39.2 Å². The van der Waals surface area contributed by atoms with Gasteiger partial charge in [-0.15, -0.1) is 0 Å². The van der Waals surface area contributed by atoms with Crippen molar-refractivity contribution >= 4 is 17.5 Å². The third-order valence-corrected chi connectivity index (χ3v) is 4.12. The lowest BCUT2D eigenvalue weighted by molar-refractivity contribution is -0.132. The summed E-state index contributed by atoms with van der Waals surface area (Å²) in [4.78, 5) is 36.7. The van der Waals surface area contributed by atoms with Gasteiger partial charge in [-0.25, -0.2) is 0 Å². The molecule has 1 heterocycles. The number of Topliss-reactive ketones (excluding diaryl/α,β-unsaturated/α-hetero) is 2. The van der Waals surface area contributed by atoms with Crippen LogP contribution in [0.5, 0.6) is 0 Å². The highest BCUT2D eigenvalue weighted by Crippen LogP contribution is 2.25. The summed E-state index contributed by atoms with van der Waals surface area (Å²) < 4.78 is 0. The quantitative estimate of drug-likeness (QED) is 0.663. The van der Waals surface area contributed by atoms with Crippen molar-refractivity contribution in [1.82, 2.24) is 5.32 Å². The molecule has 1 aliphatic heterocycles. The second kappa shape index (κ2) is 6.83. The standard InChI is InChI=1S/C17H21NO4/c1-10-6-4-3-5-7-12-8-13(19)9-14(16(12)21)18-17(22)11(2)15(10)20/h3-4,6,9,11-13,19H,5,7-8H2,1-2H3,(H,18,22)/b4-3?,10-6+/t11?,12-,13+/m1/s1.